The van der Waals surface area contributed by atoms with Crippen LogP contribution < -0.4 is 8.85 Å². The van der Waals surface area contributed by atoms with E-state index in [0.717, 1.165) is 5.56 Å². The Labute approximate surface area is 144 Å². The van der Waals surface area contributed by atoms with Crippen molar-refractivity contribution in [2.45, 2.75) is 77.8 Å². The van der Waals surface area contributed by atoms with Crippen LogP contribution in [0.25, 0.3) is 6.08 Å². The standard InChI is InChI=1S/C18H34O3Si2/c1-12-14-13-15(20-22(8,9)17(2,3)4)19-16(14)21-23(10,11)18(5,6)7/h12-13H,1H2,2-11H3. The Morgan fingerprint density at radius 1 is 0.913 bits per heavy atom. The lowest BCUT2D eigenvalue weighted by Crippen LogP contribution is -2.44. The summed E-state index contributed by atoms with van der Waals surface area (Å²) in [5, 5.41) is 0.229. The molecule has 0 aliphatic heterocycles. The second kappa shape index (κ2) is 6.17. The molecule has 0 saturated heterocycles. The molecular formula is C18H34O3Si2. The molecule has 0 amide bonds. The summed E-state index contributed by atoms with van der Waals surface area (Å²) in [5.74, 6) is 1.08. The van der Waals surface area contributed by atoms with Gasteiger partial charge in [0.2, 0.25) is 0 Å². The van der Waals surface area contributed by atoms with Crippen LogP contribution in [0.5, 0.6) is 11.9 Å². The number of hydrogen-bond donors (Lipinski definition) is 0. The van der Waals surface area contributed by atoms with Crippen molar-refractivity contribution < 1.29 is 13.3 Å². The molecule has 1 aromatic heterocycles. The molecule has 5 heteroatoms. The van der Waals surface area contributed by atoms with Gasteiger partial charge in [0, 0.05) is 6.07 Å². The van der Waals surface area contributed by atoms with Crippen molar-refractivity contribution in [3.8, 4) is 11.9 Å². The quantitative estimate of drug-likeness (QED) is 0.552. The van der Waals surface area contributed by atoms with Gasteiger partial charge in [-0.2, -0.15) is 0 Å². The molecule has 0 N–H and O–H groups in total. The highest BCUT2D eigenvalue weighted by atomic mass is 28.4. The molecule has 1 heterocycles. The predicted octanol–water partition coefficient (Wildman–Crippen LogP) is 6.69. The first-order valence-corrected chi connectivity index (χ1v) is 14.1. The zero-order valence-electron chi connectivity index (χ0n) is 16.6. The highest BCUT2D eigenvalue weighted by Crippen LogP contribution is 2.42. The number of hydrogen-bond acceptors (Lipinski definition) is 3. The molecule has 0 aliphatic carbocycles. The van der Waals surface area contributed by atoms with Crippen molar-refractivity contribution in [1.82, 2.24) is 0 Å². The van der Waals surface area contributed by atoms with Crippen LogP contribution in [0, 0.1) is 0 Å². The summed E-state index contributed by atoms with van der Waals surface area (Å²) in [6, 6.07) is 1.90. The fraction of sp³-hybridized carbons (Fsp3) is 0.667. The fourth-order valence-electron chi connectivity index (χ4n) is 1.43. The van der Waals surface area contributed by atoms with Crippen molar-refractivity contribution in [3.63, 3.8) is 0 Å². The van der Waals surface area contributed by atoms with Crippen LogP contribution >= 0.6 is 0 Å². The topological polar surface area (TPSA) is 31.6 Å². The summed E-state index contributed by atoms with van der Waals surface area (Å²) in [5.41, 5.74) is 0.864. The summed E-state index contributed by atoms with van der Waals surface area (Å²) in [6.45, 7) is 26.0. The van der Waals surface area contributed by atoms with Gasteiger partial charge in [-0.25, -0.2) is 0 Å². The third-order valence-corrected chi connectivity index (χ3v) is 13.9. The Kier molecular flexibility index (Phi) is 5.39. The Morgan fingerprint density at radius 2 is 1.35 bits per heavy atom. The molecule has 0 unspecified atom stereocenters. The molecule has 0 aliphatic rings. The van der Waals surface area contributed by atoms with E-state index in [-0.39, 0.29) is 10.1 Å². The highest BCUT2D eigenvalue weighted by Gasteiger charge is 2.42. The van der Waals surface area contributed by atoms with E-state index in [9.17, 15) is 0 Å². The van der Waals surface area contributed by atoms with Crippen LogP contribution in [0.15, 0.2) is 17.1 Å². The van der Waals surface area contributed by atoms with E-state index in [1.54, 1.807) is 6.08 Å². The summed E-state index contributed by atoms with van der Waals surface area (Å²) in [7, 11) is -3.90. The molecule has 23 heavy (non-hydrogen) atoms. The SMILES string of the molecule is C=Cc1cc(O[Si](C)(C)C(C)(C)C)oc1O[Si](C)(C)C(C)(C)C. The van der Waals surface area contributed by atoms with Crippen molar-refractivity contribution in [2.24, 2.45) is 0 Å². The van der Waals surface area contributed by atoms with Crippen LogP contribution in [0.2, 0.25) is 36.3 Å². The van der Waals surface area contributed by atoms with E-state index in [1.807, 2.05) is 6.07 Å². The van der Waals surface area contributed by atoms with Crippen molar-refractivity contribution in [1.29, 1.82) is 0 Å². The van der Waals surface area contributed by atoms with Crippen molar-refractivity contribution >= 4 is 22.7 Å². The Morgan fingerprint density at radius 3 is 1.74 bits per heavy atom. The van der Waals surface area contributed by atoms with Gasteiger partial charge in [-0.15, -0.1) is 0 Å². The Balaban J connectivity index is 3.11. The molecule has 0 bridgehead atoms. The molecule has 0 atom stereocenters. The second-order valence-electron chi connectivity index (χ2n) is 9.24. The van der Waals surface area contributed by atoms with Gasteiger partial charge < -0.3 is 13.3 Å². The van der Waals surface area contributed by atoms with Crippen LogP contribution in [0.3, 0.4) is 0 Å². The van der Waals surface area contributed by atoms with E-state index in [2.05, 4.69) is 74.3 Å². The van der Waals surface area contributed by atoms with E-state index >= 15 is 0 Å². The average Bonchev–Trinajstić information content (AvgIpc) is 2.66. The lowest BCUT2D eigenvalue weighted by Gasteiger charge is -2.36. The van der Waals surface area contributed by atoms with Crippen LogP contribution in [0.1, 0.15) is 47.1 Å². The molecule has 132 valence electrons. The molecule has 0 spiro atoms. The first kappa shape index (κ1) is 20.1. The smallest absolute Gasteiger partial charge is 0.281 e. The maximum absolute atomic E-state index is 6.31. The second-order valence-corrected chi connectivity index (χ2v) is 18.7. The molecular weight excluding hydrogens is 320 g/mol. The van der Waals surface area contributed by atoms with Gasteiger partial charge in [0.15, 0.2) is 0 Å². The molecule has 0 radical (unpaired) electrons. The van der Waals surface area contributed by atoms with E-state index in [1.165, 1.54) is 0 Å². The minimum absolute atomic E-state index is 0.110. The van der Waals surface area contributed by atoms with Gasteiger partial charge >= 0.3 is 0 Å². The zero-order valence-corrected chi connectivity index (χ0v) is 18.6. The monoisotopic (exact) mass is 354 g/mol. The van der Waals surface area contributed by atoms with Crippen molar-refractivity contribution in [2.75, 3.05) is 0 Å². The lowest BCUT2D eigenvalue weighted by molar-refractivity contribution is 0.305. The maximum atomic E-state index is 6.31. The lowest BCUT2D eigenvalue weighted by atomic mass is 10.2. The van der Waals surface area contributed by atoms with Gasteiger partial charge in [0.25, 0.3) is 28.5 Å². The van der Waals surface area contributed by atoms with Gasteiger partial charge in [-0.1, -0.05) is 54.2 Å². The minimum Gasteiger partial charge on any atom is -0.519 e. The van der Waals surface area contributed by atoms with Crippen LogP contribution in [-0.2, 0) is 0 Å². The molecule has 0 aromatic carbocycles. The molecule has 0 saturated carbocycles. The highest BCUT2D eigenvalue weighted by molar-refractivity contribution is 6.75. The molecule has 0 fully saturated rings. The first-order chi connectivity index (χ1) is 10.1. The zero-order chi connectivity index (χ0) is 18.3. The van der Waals surface area contributed by atoms with Gasteiger partial charge in [0.1, 0.15) is 0 Å². The summed E-state index contributed by atoms with van der Waals surface area (Å²) >= 11 is 0. The Bertz CT molecular complexity index is 558. The summed E-state index contributed by atoms with van der Waals surface area (Å²) in [6.07, 6.45) is 1.77. The van der Waals surface area contributed by atoms with Gasteiger partial charge in [0.05, 0.1) is 5.56 Å². The largest absolute Gasteiger partial charge is 0.519 e. The average molecular weight is 355 g/mol. The first-order valence-electron chi connectivity index (χ1n) is 8.25. The maximum Gasteiger partial charge on any atom is 0.281 e. The molecule has 1 rings (SSSR count). The third kappa shape index (κ3) is 4.54. The van der Waals surface area contributed by atoms with Crippen LogP contribution in [-0.4, -0.2) is 16.6 Å². The molecule has 1 aromatic rings. The Hall–Kier alpha value is -0.946. The number of rotatable bonds is 5. The fourth-order valence-corrected chi connectivity index (χ4v) is 3.27. The summed E-state index contributed by atoms with van der Waals surface area (Å²) in [4.78, 5) is 0. The number of furan rings is 1. The van der Waals surface area contributed by atoms with Gasteiger partial charge in [-0.3, -0.25) is 0 Å². The van der Waals surface area contributed by atoms with Gasteiger partial charge in [-0.05, 0) is 36.3 Å². The normalized spacial score (nSPS) is 13.8. The molecule has 3 nitrogen and oxygen atoms in total. The van der Waals surface area contributed by atoms with Crippen molar-refractivity contribution in [3.05, 3.63) is 18.2 Å². The van der Waals surface area contributed by atoms with Crippen LogP contribution in [0.4, 0.5) is 0 Å². The third-order valence-electron chi connectivity index (χ3n) is 5.24. The van der Waals surface area contributed by atoms with E-state index < -0.39 is 16.6 Å². The van der Waals surface area contributed by atoms with E-state index in [0.29, 0.717) is 11.9 Å². The summed E-state index contributed by atoms with van der Waals surface area (Å²) < 4.78 is 18.5. The van der Waals surface area contributed by atoms with E-state index in [4.69, 9.17) is 13.3 Å². The predicted molar refractivity (Wildman–Crippen MR) is 104 cm³/mol. The minimum atomic E-state index is -1.96.